The average Bonchev–Trinajstić information content (AvgIpc) is 3.24. The SMILES string of the molecule is O=C(NC1CCN(c2ccccc2)C1)c1cccc2cc[nH]c12. The fourth-order valence-corrected chi connectivity index (χ4v) is 3.29. The lowest BCUT2D eigenvalue weighted by Gasteiger charge is -2.19. The third-order valence-electron chi connectivity index (χ3n) is 4.48. The van der Waals surface area contributed by atoms with Crippen LogP contribution >= 0.6 is 0 Å². The van der Waals surface area contributed by atoms with Crippen LogP contribution in [0.4, 0.5) is 5.69 Å². The van der Waals surface area contributed by atoms with E-state index in [0.717, 1.165) is 30.4 Å². The molecule has 1 aliphatic rings. The van der Waals surface area contributed by atoms with Crippen LogP contribution in [-0.4, -0.2) is 30.0 Å². The number of rotatable bonds is 3. The van der Waals surface area contributed by atoms with Gasteiger partial charge in [0.2, 0.25) is 0 Å². The number of aromatic nitrogens is 1. The van der Waals surface area contributed by atoms with Gasteiger partial charge in [-0.3, -0.25) is 4.79 Å². The molecule has 1 atom stereocenters. The normalized spacial score (nSPS) is 17.6. The second-order valence-corrected chi connectivity index (χ2v) is 5.99. The van der Waals surface area contributed by atoms with Crippen LogP contribution < -0.4 is 10.2 Å². The van der Waals surface area contributed by atoms with Gasteiger partial charge in [0.15, 0.2) is 0 Å². The summed E-state index contributed by atoms with van der Waals surface area (Å²) < 4.78 is 0. The lowest BCUT2D eigenvalue weighted by atomic mass is 10.1. The van der Waals surface area contributed by atoms with Gasteiger partial charge in [-0.25, -0.2) is 0 Å². The number of hydrogen-bond donors (Lipinski definition) is 2. The summed E-state index contributed by atoms with van der Waals surface area (Å²) in [5, 5.41) is 4.24. The molecular weight excluding hydrogens is 286 g/mol. The molecule has 3 aromatic rings. The molecule has 1 unspecified atom stereocenters. The van der Waals surface area contributed by atoms with E-state index in [4.69, 9.17) is 0 Å². The molecule has 116 valence electrons. The number of nitrogens with zero attached hydrogens (tertiary/aromatic N) is 1. The fourth-order valence-electron chi connectivity index (χ4n) is 3.29. The molecule has 0 saturated carbocycles. The molecule has 0 aliphatic carbocycles. The lowest BCUT2D eigenvalue weighted by Crippen LogP contribution is -2.37. The number of hydrogen-bond acceptors (Lipinski definition) is 2. The molecule has 4 rings (SSSR count). The van der Waals surface area contributed by atoms with Crippen molar-refractivity contribution in [1.82, 2.24) is 10.3 Å². The summed E-state index contributed by atoms with van der Waals surface area (Å²) in [5.74, 6) is -0.00189. The van der Waals surface area contributed by atoms with Crippen LogP contribution in [0.1, 0.15) is 16.8 Å². The Morgan fingerprint density at radius 1 is 1.09 bits per heavy atom. The Kier molecular flexibility index (Phi) is 3.50. The number of carbonyl (C=O) groups is 1. The van der Waals surface area contributed by atoms with E-state index in [9.17, 15) is 4.79 Å². The van der Waals surface area contributed by atoms with Crippen LogP contribution in [0.2, 0.25) is 0 Å². The zero-order valence-corrected chi connectivity index (χ0v) is 12.8. The van der Waals surface area contributed by atoms with Crippen LogP contribution in [0, 0.1) is 0 Å². The number of para-hydroxylation sites is 2. The molecule has 4 nitrogen and oxygen atoms in total. The molecule has 0 spiro atoms. The van der Waals surface area contributed by atoms with Crippen molar-refractivity contribution in [2.24, 2.45) is 0 Å². The predicted octanol–water partition coefficient (Wildman–Crippen LogP) is 3.18. The minimum atomic E-state index is -0.00189. The smallest absolute Gasteiger partial charge is 0.253 e. The van der Waals surface area contributed by atoms with Crippen molar-refractivity contribution in [3.8, 4) is 0 Å². The summed E-state index contributed by atoms with van der Waals surface area (Å²) in [4.78, 5) is 18.1. The van der Waals surface area contributed by atoms with Gasteiger partial charge in [-0.1, -0.05) is 30.3 Å². The summed E-state index contributed by atoms with van der Waals surface area (Å²) in [6.45, 7) is 1.83. The van der Waals surface area contributed by atoms with Gasteiger partial charge >= 0.3 is 0 Å². The number of benzene rings is 2. The topological polar surface area (TPSA) is 48.1 Å². The van der Waals surface area contributed by atoms with E-state index in [2.05, 4.69) is 27.3 Å². The summed E-state index contributed by atoms with van der Waals surface area (Å²) in [6, 6.07) is 18.3. The molecule has 4 heteroatoms. The van der Waals surface area contributed by atoms with Crippen molar-refractivity contribution >= 4 is 22.5 Å². The van der Waals surface area contributed by atoms with Crippen molar-refractivity contribution in [2.75, 3.05) is 18.0 Å². The maximum atomic E-state index is 12.6. The van der Waals surface area contributed by atoms with Crippen molar-refractivity contribution in [1.29, 1.82) is 0 Å². The molecule has 2 heterocycles. The van der Waals surface area contributed by atoms with E-state index >= 15 is 0 Å². The summed E-state index contributed by atoms with van der Waals surface area (Å²) in [6.07, 6.45) is 2.84. The summed E-state index contributed by atoms with van der Waals surface area (Å²) in [5.41, 5.74) is 2.84. The van der Waals surface area contributed by atoms with E-state index in [1.54, 1.807) is 0 Å². The number of anilines is 1. The van der Waals surface area contributed by atoms with E-state index in [0.29, 0.717) is 5.56 Å². The third-order valence-corrected chi connectivity index (χ3v) is 4.48. The average molecular weight is 305 g/mol. The van der Waals surface area contributed by atoms with Crippen LogP contribution in [-0.2, 0) is 0 Å². The molecule has 0 radical (unpaired) electrons. The summed E-state index contributed by atoms with van der Waals surface area (Å²) >= 11 is 0. The number of aromatic amines is 1. The van der Waals surface area contributed by atoms with Gasteiger partial charge in [0.05, 0.1) is 11.1 Å². The Hall–Kier alpha value is -2.75. The fraction of sp³-hybridized carbons (Fsp3) is 0.211. The van der Waals surface area contributed by atoms with Gasteiger partial charge in [0.25, 0.3) is 5.91 Å². The van der Waals surface area contributed by atoms with Gasteiger partial charge < -0.3 is 15.2 Å². The van der Waals surface area contributed by atoms with Crippen LogP contribution in [0.25, 0.3) is 10.9 Å². The van der Waals surface area contributed by atoms with Crippen LogP contribution in [0.3, 0.4) is 0 Å². The number of H-pyrrole nitrogens is 1. The molecule has 2 aromatic carbocycles. The Labute approximate surface area is 135 Å². The number of nitrogens with one attached hydrogen (secondary N) is 2. The zero-order valence-electron chi connectivity index (χ0n) is 12.8. The molecular formula is C19H19N3O. The quantitative estimate of drug-likeness (QED) is 0.781. The number of fused-ring (bicyclic) bond motifs is 1. The summed E-state index contributed by atoms with van der Waals surface area (Å²) in [7, 11) is 0. The van der Waals surface area contributed by atoms with Crippen molar-refractivity contribution in [3.63, 3.8) is 0 Å². The first-order valence-electron chi connectivity index (χ1n) is 7.98. The Morgan fingerprint density at radius 3 is 2.83 bits per heavy atom. The zero-order chi connectivity index (χ0) is 15.6. The molecule has 1 amide bonds. The van der Waals surface area contributed by atoms with Gasteiger partial charge in [-0.15, -0.1) is 0 Å². The first kappa shape index (κ1) is 13.9. The minimum Gasteiger partial charge on any atom is -0.369 e. The van der Waals surface area contributed by atoms with Crippen molar-refractivity contribution in [3.05, 3.63) is 66.4 Å². The molecule has 23 heavy (non-hydrogen) atoms. The predicted molar refractivity (Wildman–Crippen MR) is 92.8 cm³/mol. The highest BCUT2D eigenvalue weighted by Gasteiger charge is 2.24. The second-order valence-electron chi connectivity index (χ2n) is 5.99. The Bertz CT molecular complexity index is 825. The molecule has 1 fully saturated rings. The van der Waals surface area contributed by atoms with E-state index in [-0.39, 0.29) is 11.9 Å². The number of carbonyl (C=O) groups excluding carboxylic acids is 1. The van der Waals surface area contributed by atoms with Crippen LogP contribution in [0.15, 0.2) is 60.8 Å². The van der Waals surface area contributed by atoms with Crippen LogP contribution in [0.5, 0.6) is 0 Å². The molecule has 1 aromatic heterocycles. The van der Waals surface area contributed by atoms with Crippen molar-refractivity contribution in [2.45, 2.75) is 12.5 Å². The van der Waals surface area contributed by atoms with E-state index in [1.165, 1.54) is 5.69 Å². The maximum Gasteiger partial charge on any atom is 0.253 e. The lowest BCUT2D eigenvalue weighted by molar-refractivity contribution is 0.0942. The Balaban J connectivity index is 1.47. The van der Waals surface area contributed by atoms with Gasteiger partial charge in [-0.05, 0) is 30.7 Å². The molecule has 2 N–H and O–H groups in total. The first-order valence-corrected chi connectivity index (χ1v) is 7.98. The monoisotopic (exact) mass is 305 g/mol. The second kappa shape index (κ2) is 5.80. The first-order chi connectivity index (χ1) is 11.3. The molecule has 1 saturated heterocycles. The van der Waals surface area contributed by atoms with Crippen molar-refractivity contribution < 1.29 is 4.79 Å². The van der Waals surface area contributed by atoms with Gasteiger partial charge in [0, 0.05) is 36.4 Å². The van der Waals surface area contributed by atoms with E-state index < -0.39 is 0 Å². The van der Waals surface area contributed by atoms with Gasteiger partial charge in [-0.2, -0.15) is 0 Å². The number of amides is 1. The molecule has 0 bridgehead atoms. The minimum absolute atomic E-state index is 0.00189. The standard InChI is InChI=1S/C19H19N3O/c23-19(17-8-4-5-14-9-11-20-18(14)17)21-15-10-12-22(13-15)16-6-2-1-3-7-16/h1-9,11,15,20H,10,12-13H2,(H,21,23). The highest BCUT2D eigenvalue weighted by molar-refractivity contribution is 6.05. The van der Waals surface area contributed by atoms with Gasteiger partial charge in [0.1, 0.15) is 0 Å². The highest BCUT2D eigenvalue weighted by Crippen LogP contribution is 2.21. The highest BCUT2D eigenvalue weighted by atomic mass is 16.1. The Morgan fingerprint density at radius 2 is 1.96 bits per heavy atom. The van der Waals surface area contributed by atoms with E-state index in [1.807, 2.05) is 48.7 Å². The third kappa shape index (κ3) is 2.68. The molecule has 1 aliphatic heterocycles. The maximum absolute atomic E-state index is 12.6. The largest absolute Gasteiger partial charge is 0.369 e.